The molecule has 1 aromatic heterocycles. The molecule has 0 aliphatic carbocycles. The lowest BCUT2D eigenvalue weighted by Crippen LogP contribution is -2.34. The molecular formula is C22H25N3O3. The predicted octanol–water partition coefficient (Wildman–Crippen LogP) is 4.59. The van der Waals surface area contributed by atoms with Crippen molar-refractivity contribution in [2.24, 2.45) is 0 Å². The van der Waals surface area contributed by atoms with E-state index in [-0.39, 0.29) is 18.3 Å². The van der Waals surface area contributed by atoms with Gasteiger partial charge in [-0.05, 0) is 48.9 Å². The Morgan fingerprint density at radius 2 is 1.86 bits per heavy atom. The van der Waals surface area contributed by atoms with Crippen LogP contribution in [-0.2, 0) is 13.1 Å². The monoisotopic (exact) mass is 379 g/mol. The van der Waals surface area contributed by atoms with Crippen LogP contribution in [-0.4, -0.2) is 30.1 Å². The molecule has 0 bridgehead atoms. The Bertz CT molecular complexity index is 936. The van der Waals surface area contributed by atoms with Crippen molar-refractivity contribution in [1.82, 2.24) is 4.90 Å². The molecule has 2 amide bonds. The topological polar surface area (TPSA) is 69.0 Å². The fourth-order valence-corrected chi connectivity index (χ4v) is 3.08. The summed E-state index contributed by atoms with van der Waals surface area (Å²) in [6.45, 7) is 2.56. The second-order valence-electron chi connectivity index (χ2n) is 6.89. The van der Waals surface area contributed by atoms with Gasteiger partial charge in [-0.2, -0.15) is 0 Å². The van der Waals surface area contributed by atoms with E-state index in [0.29, 0.717) is 17.9 Å². The van der Waals surface area contributed by atoms with Crippen LogP contribution >= 0.6 is 0 Å². The third-order valence-corrected chi connectivity index (χ3v) is 4.50. The summed E-state index contributed by atoms with van der Waals surface area (Å²) in [6.07, 6.45) is 1.58. The minimum Gasteiger partial charge on any atom is -0.508 e. The van der Waals surface area contributed by atoms with Crippen molar-refractivity contribution in [1.29, 1.82) is 0 Å². The first kappa shape index (κ1) is 19.4. The van der Waals surface area contributed by atoms with Crippen molar-refractivity contribution in [3.8, 4) is 5.75 Å². The zero-order valence-electron chi connectivity index (χ0n) is 16.3. The number of para-hydroxylation sites is 1. The minimum atomic E-state index is -0.267. The Balaban J connectivity index is 1.80. The van der Waals surface area contributed by atoms with Gasteiger partial charge in [0.05, 0.1) is 19.4 Å². The molecule has 0 fully saturated rings. The molecule has 0 saturated heterocycles. The molecule has 2 aromatic carbocycles. The summed E-state index contributed by atoms with van der Waals surface area (Å²) in [6, 6.07) is 16.1. The van der Waals surface area contributed by atoms with E-state index in [1.165, 1.54) is 0 Å². The number of urea groups is 1. The van der Waals surface area contributed by atoms with Gasteiger partial charge in [0.25, 0.3) is 0 Å². The number of phenols is 1. The zero-order valence-corrected chi connectivity index (χ0v) is 16.3. The maximum absolute atomic E-state index is 13.0. The van der Waals surface area contributed by atoms with Crippen molar-refractivity contribution >= 4 is 17.4 Å². The molecule has 0 saturated carbocycles. The highest BCUT2D eigenvalue weighted by atomic mass is 16.3. The van der Waals surface area contributed by atoms with E-state index in [4.69, 9.17) is 4.42 Å². The summed E-state index contributed by atoms with van der Waals surface area (Å²) in [5.74, 6) is 0.829. The van der Waals surface area contributed by atoms with Gasteiger partial charge in [-0.15, -0.1) is 0 Å². The number of phenolic OH excluding ortho intramolecular Hbond substituents is 1. The van der Waals surface area contributed by atoms with Crippen molar-refractivity contribution < 1.29 is 14.3 Å². The number of benzene rings is 2. The second-order valence-corrected chi connectivity index (χ2v) is 6.89. The normalized spacial score (nSPS) is 10.5. The number of rotatable bonds is 6. The van der Waals surface area contributed by atoms with E-state index in [9.17, 15) is 9.90 Å². The van der Waals surface area contributed by atoms with Crippen LogP contribution in [0.15, 0.2) is 65.3 Å². The maximum atomic E-state index is 13.0. The Hall–Kier alpha value is -3.41. The van der Waals surface area contributed by atoms with Gasteiger partial charge in [0.1, 0.15) is 11.5 Å². The molecular weight excluding hydrogens is 354 g/mol. The van der Waals surface area contributed by atoms with Crippen molar-refractivity contribution in [3.63, 3.8) is 0 Å². The van der Waals surface area contributed by atoms with Gasteiger partial charge in [-0.1, -0.05) is 18.2 Å². The van der Waals surface area contributed by atoms with Gasteiger partial charge in [0.15, 0.2) is 0 Å². The number of aromatic hydroxyl groups is 1. The van der Waals surface area contributed by atoms with Crippen LogP contribution in [0, 0.1) is 6.92 Å². The molecule has 6 heteroatoms. The summed E-state index contributed by atoms with van der Waals surface area (Å²) >= 11 is 0. The second kappa shape index (κ2) is 8.52. The van der Waals surface area contributed by atoms with Crippen LogP contribution in [0.3, 0.4) is 0 Å². The number of carbonyl (C=O) groups is 1. The number of carbonyl (C=O) groups excluding carboxylic acids is 1. The van der Waals surface area contributed by atoms with Crippen molar-refractivity contribution in [2.45, 2.75) is 20.0 Å². The largest absolute Gasteiger partial charge is 0.508 e. The highest BCUT2D eigenvalue weighted by molar-refractivity contribution is 5.89. The summed E-state index contributed by atoms with van der Waals surface area (Å²) in [5, 5.41) is 13.0. The first-order valence-electron chi connectivity index (χ1n) is 9.07. The quantitative estimate of drug-likeness (QED) is 0.657. The number of amides is 2. The van der Waals surface area contributed by atoms with Crippen molar-refractivity contribution in [3.05, 3.63) is 77.7 Å². The average Bonchev–Trinajstić information content (AvgIpc) is 3.16. The van der Waals surface area contributed by atoms with E-state index in [1.807, 2.05) is 56.3 Å². The van der Waals surface area contributed by atoms with E-state index in [0.717, 1.165) is 16.9 Å². The molecule has 6 nitrogen and oxygen atoms in total. The van der Waals surface area contributed by atoms with Gasteiger partial charge in [0, 0.05) is 31.0 Å². The third kappa shape index (κ3) is 4.65. The molecule has 0 spiro atoms. The third-order valence-electron chi connectivity index (χ3n) is 4.50. The van der Waals surface area contributed by atoms with E-state index in [2.05, 4.69) is 5.32 Å². The number of hydrogen-bond acceptors (Lipinski definition) is 4. The maximum Gasteiger partial charge on any atom is 0.322 e. The lowest BCUT2D eigenvalue weighted by Gasteiger charge is -2.23. The van der Waals surface area contributed by atoms with E-state index >= 15 is 0 Å². The fourth-order valence-electron chi connectivity index (χ4n) is 3.08. The van der Waals surface area contributed by atoms with Crippen LogP contribution in [0.5, 0.6) is 5.75 Å². The zero-order chi connectivity index (χ0) is 20.1. The standard InChI is InChI=1S/C22H25N3O3/c1-16-13-18(10-11-20(16)24(2)3)23-22(27)25(15-19-8-6-12-28-19)14-17-7-4-5-9-21(17)26/h4-13,26H,14-15H2,1-3H3,(H,23,27). The van der Waals surface area contributed by atoms with Gasteiger partial charge >= 0.3 is 6.03 Å². The molecule has 1 heterocycles. The van der Waals surface area contributed by atoms with Gasteiger partial charge in [0.2, 0.25) is 0 Å². The van der Waals surface area contributed by atoms with Gasteiger partial charge in [-0.25, -0.2) is 4.79 Å². The van der Waals surface area contributed by atoms with Crippen LogP contribution in [0.2, 0.25) is 0 Å². The minimum absolute atomic E-state index is 0.158. The summed E-state index contributed by atoms with van der Waals surface area (Å²) < 4.78 is 5.40. The molecule has 0 aliphatic rings. The Kier molecular flexibility index (Phi) is 5.89. The summed E-state index contributed by atoms with van der Waals surface area (Å²) in [4.78, 5) is 16.6. The summed E-state index contributed by atoms with van der Waals surface area (Å²) in [5.41, 5.74) is 3.55. The van der Waals surface area contributed by atoms with E-state index in [1.54, 1.807) is 35.4 Å². The average molecular weight is 379 g/mol. The Morgan fingerprint density at radius 3 is 2.50 bits per heavy atom. The Labute approximate surface area is 165 Å². The number of nitrogens with zero attached hydrogens (tertiary/aromatic N) is 2. The molecule has 3 rings (SSSR count). The first-order valence-corrected chi connectivity index (χ1v) is 9.07. The predicted molar refractivity (Wildman–Crippen MR) is 111 cm³/mol. The van der Waals surface area contributed by atoms with Crippen LogP contribution in [0.4, 0.5) is 16.2 Å². The van der Waals surface area contributed by atoms with Crippen LogP contribution in [0.25, 0.3) is 0 Å². The van der Waals surface area contributed by atoms with Gasteiger partial charge in [-0.3, -0.25) is 0 Å². The molecule has 28 heavy (non-hydrogen) atoms. The molecule has 0 aliphatic heterocycles. The molecule has 0 radical (unpaired) electrons. The SMILES string of the molecule is Cc1cc(NC(=O)N(Cc2ccco2)Cc2ccccc2O)ccc1N(C)C. The highest BCUT2D eigenvalue weighted by Crippen LogP contribution is 2.23. The number of aryl methyl sites for hydroxylation is 1. The molecule has 0 unspecified atom stereocenters. The molecule has 146 valence electrons. The number of furan rings is 1. The number of hydrogen-bond donors (Lipinski definition) is 2. The molecule has 0 atom stereocenters. The van der Waals surface area contributed by atoms with E-state index < -0.39 is 0 Å². The Morgan fingerprint density at radius 1 is 1.07 bits per heavy atom. The van der Waals surface area contributed by atoms with Crippen molar-refractivity contribution in [2.75, 3.05) is 24.3 Å². The van der Waals surface area contributed by atoms with Crippen LogP contribution < -0.4 is 10.2 Å². The smallest absolute Gasteiger partial charge is 0.322 e. The highest BCUT2D eigenvalue weighted by Gasteiger charge is 2.18. The lowest BCUT2D eigenvalue weighted by molar-refractivity contribution is 0.200. The molecule has 3 aromatic rings. The lowest BCUT2D eigenvalue weighted by atomic mass is 10.1. The van der Waals surface area contributed by atoms with Crippen LogP contribution in [0.1, 0.15) is 16.9 Å². The molecule has 2 N–H and O–H groups in total. The number of nitrogens with one attached hydrogen (secondary N) is 1. The fraction of sp³-hybridized carbons (Fsp3) is 0.227. The number of anilines is 2. The first-order chi connectivity index (χ1) is 13.4. The van der Waals surface area contributed by atoms with Gasteiger partial charge < -0.3 is 24.6 Å². The summed E-state index contributed by atoms with van der Waals surface area (Å²) in [7, 11) is 3.97.